The van der Waals surface area contributed by atoms with Gasteiger partial charge in [-0.2, -0.15) is 79.0 Å². The number of piperidine rings is 1. The molecule has 1 rings (SSSR count). The summed E-state index contributed by atoms with van der Waals surface area (Å²) in [6, 6.07) is 0. The second-order valence-corrected chi connectivity index (χ2v) is 12.6. The summed E-state index contributed by atoms with van der Waals surface area (Å²) in [5.41, 5.74) is -19.2. The van der Waals surface area contributed by atoms with Gasteiger partial charge in [-0.1, -0.05) is 43.6 Å². The Kier molecular flexibility index (Phi) is 13.9. The monoisotopic (exact) mass is 829 g/mol. The predicted molar refractivity (Wildman–Crippen MR) is 139 cm³/mol. The molecule has 1 N–H and O–H groups in total. The molecule has 0 saturated carbocycles. The molecule has 1 aliphatic heterocycles. The maximum atomic E-state index is 13.6. The van der Waals surface area contributed by atoms with Crippen LogP contribution in [-0.4, -0.2) is 90.6 Å². The number of halogens is 19. The van der Waals surface area contributed by atoms with Crippen LogP contribution in [0.5, 0.6) is 0 Å². The fraction of sp³-hybridized carbons (Fsp3) is 1.00. The van der Waals surface area contributed by atoms with Crippen LogP contribution in [0.1, 0.15) is 66.2 Å². The van der Waals surface area contributed by atoms with Crippen molar-refractivity contribution in [2.75, 3.05) is 25.2 Å². The fourth-order valence-corrected chi connectivity index (χ4v) is 6.16. The molecular weight excluding hydrogens is 796 g/mol. The van der Waals surface area contributed by atoms with Crippen LogP contribution in [-0.2, 0) is 14.2 Å². The zero-order valence-corrected chi connectivity index (χ0v) is 27.6. The molecular formula is C26H34BrF18NO3. The average Bonchev–Trinajstić information content (AvgIpc) is 2.91. The summed E-state index contributed by atoms with van der Waals surface area (Å²) in [5, 5.41) is 1.95. The van der Waals surface area contributed by atoms with E-state index in [1.165, 1.54) is 0 Å². The molecule has 0 aromatic rings. The minimum absolute atomic E-state index is 0.0446. The molecule has 0 bridgehead atoms. The Morgan fingerprint density at radius 2 is 0.776 bits per heavy atom. The Hall–Kier alpha value is -0.940. The minimum Gasteiger partial charge on any atom is -0.377 e. The smallest absolute Gasteiger partial charge is 0.377 e. The van der Waals surface area contributed by atoms with Gasteiger partial charge in [-0.05, 0) is 38.5 Å². The van der Waals surface area contributed by atoms with Crippen molar-refractivity contribution in [1.29, 1.82) is 0 Å². The van der Waals surface area contributed by atoms with E-state index in [1.807, 2.05) is 0 Å². The van der Waals surface area contributed by atoms with E-state index >= 15 is 0 Å². The van der Waals surface area contributed by atoms with Gasteiger partial charge < -0.3 is 19.5 Å². The highest BCUT2D eigenvalue weighted by atomic mass is 79.9. The van der Waals surface area contributed by atoms with Crippen molar-refractivity contribution < 1.29 is 93.2 Å². The first-order chi connectivity index (χ1) is 21.7. The Morgan fingerprint density at radius 1 is 0.510 bits per heavy atom. The molecule has 1 aliphatic rings. The van der Waals surface area contributed by atoms with Crippen LogP contribution in [0.15, 0.2) is 0 Å². The summed E-state index contributed by atoms with van der Waals surface area (Å²) in [5.74, 6) is 0. The Labute approximate surface area is 277 Å². The van der Waals surface area contributed by atoms with Gasteiger partial charge in [-0.3, -0.25) is 0 Å². The highest BCUT2D eigenvalue weighted by Crippen LogP contribution is 2.57. The van der Waals surface area contributed by atoms with E-state index in [1.54, 1.807) is 27.7 Å². The van der Waals surface area contributed by atoms with Crippen molar-refractivity contribution in [3.8, 4) is 0 Å². The maximum Gasteiger partial charge on any atom is 0.435 e. The highest BCUT2D eigenvalue weighted by Gasteiger charge is 2.87. The third-order valence-corrected chi connectivity index (χ3v) is 10.2. The first-order valence-electron chi connectivity index (χ1n) is 14.4. The van der Waals surface area contributed by atoms with E-state index in [4.69, 9.17) is 4.74 Å². The molecule has 0 amide bonds. The van der Waals surface area contributed by atoms with Crippen LogP contribution in [0.2, 0.25) is 0 Å². The second-order valence-electron chi connectivity index (χ2n) is 12.0. The van der Waals surface area contributed by atoms with Gasteiger partial charge in [0.2, 0.25) is 0 Å². The van der Waals surface area contributed by atoms with E-state index in [-0.39, 0.29) is 12.8 Å². The van der Waals surface area contributed by atoms with Crippen molar-refractivity contribution in [3.63, 3.8) is 0 Å². The second kappa shape index (κ2) is 14.8. The van der Waals surface area contributed by atoms with Crippen LogP contribution in [0.4, 0.5) is 79.0 Å². The third-order valence-electron chi connectivity index (χ3n) is 8.97. The first kappa shape index (κ1) is 46.1. The molecule has 1 fully saturated rings. The number of ether oxygens (including phenoxy) is 3. The van der Waals surface area contributed by atoms with E-state index in [2.05, 4.69) is 30.7 Å². The van der Waals surface area contributed by atoms with Crippen molar-refractivity contribution in [2.45, 2.75) is 132 Å². The van der Waals surface area contributed by atoms with Gasteiger partial charge in [-0.25, -0.2) is 0 Å². The van der Waals surface area contributed by atoms with Gasteiger partial charge in [0.1, 0.15) is 0 Å². The summed E-state index contributed by atoms with van der Waals surface area (Å²) in [6.45, 7) is -0.242. The number of hydrogen-bond donors (Lipinski definition) is 1. The minimum atomic E-state index is -7.41. The molecule has 0 atom stereocenters. The molecule has 0 aromatic carbocycles. The quantitative estimate of drug-likeness (QED) is 0.140. The van der Waals surface area contributed by atoms with Crippen LogP contribution in [0.25, 0.3) is 0 Å². The molecule has 0 aromatic heterocycles. The molecule has 0 aliphatic carbocycles. The highest BCUT2D eigenvalue weighted by molar-refractivity contribution is 9.09. The Bertz CT molecular complexity index is 910. The lowest BCUT2D eigenvalue weighted by Crippen LogP contribution is -2.70. The average molecular weight is 830 g/mol. The SMILES string of the molecule is CCC1(CC)CC(OCC(CBr)(COC(C(F)(F)F)(C(F)(F)F)C(F)(F)F)COC(C(F)(F)F)(C(F)(F)F)C(F)(F)F)CC(CC)(CC)N1. The number of rotatable bonds is 14. The van der Waals surface area contributed by atoms with Crippen LogP contribution < -0.4 is 5.32 Å². The van der Waals surface area contributed by atoms with Gasteiger partial charge in [0.15, 0.2) is 0 Å². The predicted octanol–water partition coefficient (Wildman–Crippen LogP) is 10.1. The zero-order chi connectivity index (χ0) is 39.0. The summed E-state index contributed by atoms with van der Waals surface area (Å²) in [4.78, 5) is 0. The van der Waals surface area contributed by atoms with E-state index in [9.17, 15) is 79.0 Å². The van der Waals surface area contributed by atoms with E-state index in [0.717, 1.165) is 0 Å². The summed E-state index contributed by atoms with van der Waals surface area (Å²) in [7, 11) is 0. The van der Waals surface area contributed by atoms with Crippen LogP contribution >= 0.6 is 15.9 Å². The molecule has 0 radical (unpaired) electrons. The lowest BCUT2D eigenvalue weighted by molar-refractivity contribution is -0.467. The molecule has 0 unspecified atom stereocenters. The lowest BCUT2D eigenvalue weighted by Gasteiger charge is -2.52. The third kappa shape index (κ3) is 8.82. The van der Waals surface area contributed by atoms with E-state index < -0.39 is 96.0 Å². The van der Waals surface area contributed by atoms with Gasteiger partial charge in [0, 0.05) is 16.4 Å². The summed E-state index contributed by atoms with van der Waals surface area (Å²) in [6.07, 6.45) is -44.3. The molecule has 23 heteroatoms. The normalized spacial score (nSPS) is 19.4. The molecule has 4 nitrogen and oxygen atoms in total. The first-order valence-corrected chi connectivity index (χ1v) is 15.5. The topological polar surface area (TPSA) is 39.7 Å². The maximum absolute atomic E-state index is 13.6. The summed E-state index contributed by atoms with van der Waals surface area (Å²) < 4.78 is 257. The number of nitrogens with one attached hydrogen (secondary N) is 1. The number of alkyl halides is 19. The molecule has 0 spiro atoms. The zero-order valence-electron chi connectivity index (χ0n) is 26.1. The Balaban J connectivity index is 3.92. The van der Waals surface area contributed by atoms with E-state index in [0.29, 0.717) is 25.7 Å². The van der Waals surface area contributed by atoms with Gasteiger partial charge in [-0.15, -0.1) is 0 Å². The standard InChI is InChI=1S/C26H34BrF18NO3/c1-5-17(6-2)9-15(10-18(7-3,8-4)46-17)47-12-16(11-27,13-48-19(21(28,29)30,22(31,32)33)23(34,35)36)14-49-20(24(37,38)39,25(40,41)42)26(43,44)45/h15,46H,5-14H2,1-4H3. The lowest BCUT2D eigenvalue weighted by atomic mass is 9.72. The van der Waals surface area contributed by atoms with Crippen molar-refractivity contribution in [1.82, 2.24) is 5.32 Å². The molecule has 1 heterocycles. The molecule has 294 valence electrons. The van der Waals surface area contributed by atoms with Crippen molar-refractivity contribution in [3.05, 3.63) is 0 Å². The van der Waals surface area contributed by atoms with Gasteiger partial charge in [0.05, 0.1) is 31.3 Å². The van der Waals surface area contributed by atoms with Crippen LogP contribution in [0, 0.1) is 5.41 Å². The van der Waals surface area contributed by atoms with Crippen LogP contribution in [0.3, 0.4) is 0 Å². The van der Waals surface area contributed by atoms with Crippen molar-refractivity contribution >= 4 is 15.9 Å². The fourth-order valence-electron chi connectivity index (χ4n) is 5.67. The van der Waals surface area contributed by atoms with Crippen molar-refractivity contribution in [2.24, 2.45) is 5.41 Å². The molecule has 49 heavy (non-hydrogen) atoms. The number of hydrogen-bond acceptors (Lipinski definition) is 4. The molecule has 1 saturated heterocycles. The largest absolute Gasteiger partial charge is 0.435 e. The Morgan fingerprint density at radius 3 is 0.980 bits per heavy atom. The van der Waals surface area contributed by atoms with Gasteiger partial charge in [0.25, 0.3) is 0 Å². The summed E-state index contributed by atoms with van der Waals surface area (Å²) >= 11 is 2.40. The van der Waals surface area contributed by atoms with Gasteiger partial charge >= 0.3 is 48.3 Å².